The monoisotopic (exact) mass is 449 g/mol. The van der Waals surface area contributed by atoms with Crippen molar-refractivity contribution in [3.63, 3.8) is 0 Å². The Morgan fingerprint density at radius 2 is 1.95 bits per heavy atom. The standard InChI is InChI=1S/C14H9N4O2.W/c19-18(20)11-6-7-13-12(8-11)14(16-9-15-13)17-10-4-2-1-3-5-10;/h1-5,7-9H,(H,15,16,17);/q-1;. The quantitative estimate of drug-likeness (QED) is 0.378. The van der Waals surface area contributed by atoms with Crippen LogP contribution in [0.2, 0.25) is 0 Å². The number of nitro groups is 1. The number of fused-ring (bicyclic) bond motifs is 1. The van der Waals surface area contributed by atoms with Crippen molar-refractivity contribution in [1.29, 1.82) is 0 Å². The number of benzene rings is 2. The molecule has 0 amide bonds. The van der Waals surface area contributed by atoms with Crippen LogP contribution in [-0.4, -0.2) is 14.9 Å². The fourth-order valence-electron chi connectivity index (χ4n) is 1.85. The summed E-state index contributed by atoms with van der Waals surface area (Å²) in [5.41, 5.74) is 1.34. The predicted octanol–water partition coefficient (Wildman–Crippen LogP) is 3.08. The van der Waals surface area contributed by atoms with Crippen molar-refractivity contribution in [3.8, 4) is 0 Å². The van der Waals surface area contributed by atoms with E-state index in [-0.39, 0.29) is 26.8 Å². The van der Waals surface area contributed by atoms with Gasteiger partial charge in [-0.15, -0.1) is 6.07 Å². The van der Waals surface area contributed by atoms with Gasteiger partial charge in [0.2, 0.25) is 0 Å². The van der Waals surface area contributed by atoms with Crippen molar-refractivity contribution < 1.29 is 26.0 Å². The van der Waals surface area contributed by atoms with Crippen LogP contribution in [0.15, 0.2) is 48.8 Å². The number of para-hydroxylation sites is 1. The molecule has 0 aliphatic heterocycles. The molecule has 0 spiro atoms. The zero-order valence-electron chi connectivity index (χ0n) is 10.7. The van der Waals surface area contributed by atoms with Crippen LogP contribution in [0.25, 0.3) is 10.9 Å². The molecule has 0 saturated carbocycles. The summed E-state index contributed by atoms with van der Waals surface area (Å²) in [6, 6.07) is 15.0. The molecule has 0 aliphatic rings. The molecular formula is C14H9N4O2W-. The maximum Gasteiger partial charge on any atom is 0.163 e. The number of nitrogens with one attached hydrogen (secondary N) is 1. The Labute approximate surface area is 134 Å². The van der Waals surface area contributed by atoms with Crippen molar-refractivity contribution >= 4 is 28.1 Å². The summed E-state index contributed by atoms with van der Waals surface area (Å²) in [6.07, 6.45) is 1.41. The third-order valence-corrected chi connectivity index (χ3v) is 2.79. The number of non-ortho nitro benzene ring substituents is 1. The average Bonchev–Trinajstić information content (AvgIpc) is 2.48. The van der Waals surface area contributed by atoms with E-state index in [4.69, 9.17) is 0 Å². The van der Waals surface area contributed by atoms with Gasteiger partial charge in [-0.2, -0.15) is 0 Å². The summed E-state index contributed by atoms with van der Waals surface area (Å²) in [4.78, 5) is 18.6. The van der Waals surface area contributed by atoms with Crippen molar-refractivity contribution in [1.82, 2.24) is 9.97 Å². The minimum Gasteiger partial charge on any atom is -0.341 e. The second kappa shape index (κ2) is 6.41. The largest absolute Gasteiger partial charge is 0.341 e. The summed E-state index contributed by atoms with van der Waals surface area (Å²) < 4.78 is 0. The Balaban J connectivity index is 0.00000161. The molecule has 0 bridgehead atoms. The fraction of sp³-hybridized carbons (Fsp3) is 0. The Morgan fingerprint density at radius 1 is 1.19 bits per heavy atom. The van der Waals surface area contributed by atoms with Crippen LogP contribution in [0.3, 0.4) is 0 Å². The molecule has 104 valence electrons. The van der Waals surface area contributed by atoms with Crippen LogP contribution in [0.5, 0.6) is 0 Å². The van der Waals surface area contributed by atoms with E-state index >= 15 is 0 Å². The molecular weight excluding hydrogens is 440 g/mol. The van der Waals surface area contributed by atoms with E-state index in [1.807, 2.05) is 30.3 Å². The van der Waals surface area contributed by atoms with Crippen LogP contribution in [0.1, 0.15) is 0 Å². The molecule has 1 heterocycles. The Morgan fingerprint density at radius 3 is 2.67 bits per heavy atom. The molecule has 1 N–H and O–H groups in total. The zero-order valence-corrected chi connectivity index (χ0v) is 13.6. The average molecular weight is 449 g/mol. The summed E-state index contributed by atoms with van der Waals surface area (Å²) in [5.74, 6) is 0.526. The number of nitrogens with zero attached hydrogens (tertiary/aromatic N) is 3. The van der Waals surface area contributed by atoms with Crippen molar-refractivity contribution in [3.05, 3.63) is 65.0 Å². The minimum absolute atomic E-state index is 0. The van der Waals surface area contributed by atoms with Gasteiger partial charge in [-0.1, -0.05) is 35.7 Å². The Hall–Kier alpha value is -2.33. The number of rotatable bonds is 3. The maximum atomic E-state index is 10.8. The molecule has 7 heteroatoms. The first-order valence-corrected chi connectivity index (χ1v) is 5.87. The first-order chi connectivity index (χ1) is 9.74. The van der Waals surface area contributed by atoms with Crippen molar-refractivity contribution in [2.24, 2.45) is 0 Å². The molecule has 0 saturated heterocycles. The summed E-state index contributed by atoms with van der Waals surface area (Å²) in [7, 11) is 0. The maximum absolute atomic E-state index is 10.8. The number of hydrogen-bond acceptors (Lipinski definition) is 5. The van der Waals surface area contributed by atoms with Crippen LogP contribution >= 0.6 is 0 Å². The second-order valence-corrected chi connectivity index (χ2v) is 4.09. The van der Waals surface area contributed by atoms with E-state index in [9.17, 15) is 10.1 Å². The summed E-state index contributed by atoms with van der Waals surface area (Å²) in [6.45, 7) is 0. The molecule has 2 aromatic carbocycles. The summed E-state index contributed by atoms with van der Waals surface area (Å²) >= 11 is 0. The van der Waals surface area contributed by atoms with Gasteiger partial charge in [-0.05, 0) is 17.6 Å². The molecule has 0 fully saturated rings. The van der Waals surface area contributed by atoms with E-state index in [2.05, 4.69) is 21.4 Å². The Kier molecular flexibility index (Phi) is 4.60. The second-order valence-electron chi connectivity index (χ2n) is 4.09. The molecule has 6 nitrogen and oxygen atoms in total. The van der Waals surface area contributed by atoms with E-state index in [0.717, 1.165) is 5.69 Å². The number of anilines is 2. The first kappa shape index (κ1) is 15.1. The molecule has 0 aliphatic carbocycles. The van der Waals surface area contributed by atoms with Gasteiger partial charge in [0.1, 0.15) is 12.1 Å². The molecule has 21 heavy (non-hydrogen) atoms. The van der Waals surface area contributed by atoms with E-state index in [0.29, 0.717) is 16.7 Å². The van der Waals surface area contributed by atoms with Gasteiger partial charge in [-0.3, -0.25) is 10.1 Å². The first-order valence-electron chi connectivity index (χ1n) is 5.87. The SMILES string of the molecule is O=[N+]([O-])c1[c-]cc2ncnc(Nc3ccccc3)c2c1.[W]. The topological polar surface area (TPSA) is 81.0 Å². The van der Waals surface area contributed by atoms with Crippen LogP contribution in [0, 0.1) is 16.2 Å². The third kappa shape index (κ3) is 3.23. The Bertz CT molecular complexity index is 780. The van der Waals surface area contributed by atoms with E-state index in [1.54, 1.807) is 0 Å². The van der Waals surface area contributed by atoms with Gasteiger partial charge < -0.3 is 10.3 Å². The van der Waals surface area contributed by atoms with Crippen molar-refractivity contribution in [2.75, 3.05) is 5.32 Å². The molecule has 0 atom stereocenters. The minimum atomic E-state index is -0.487. The van der Waals surface area contributed by atoms with Crippen LogP contribution < -0.4 is 5.32 Å². The van der Waals surface area contributed by atoms with E-state index in [1.165, 1.54) is 18.5 Å². The third-order valence-electron chi connectivity index (χ3n) is 2.79. The number of nitro benzene ring substituents is 1. The zero-order chi connectivity index (χ0) is 13.9. The predicted molar refractivity (Wildman–Crippen MR) is 74.8 cm³/mol. The smallest absolute Gasteiger partial charge is 0.163 e. The summed E-state index contributed by atoms with van der Waals surface area (Å²) in [5, 5.41) is 14.5. The normalized spacial score (nSPS) is 9.90. The van der Waals surface area contributed by atoms with Gasteiger partial charge in [0.25, 0.3) is 0 Å². The number of aromatic nitrogens is 2. The van der Waals surface area contributed by atoms with Crippen LogP contribution in [0.4, 0.5) is 17.2 Å². The van der Waals surface area contributed by atoms with E-state index < -0.39 is 4.92 Å². The van der Waals surface area contributed by atoms with Gasteiger partial charge in [-0.25, -0.2) is 4.98 Å². The number of hydrogen-bond donors (Lipinski definition) is 1. The van der Waals surface area contributed by atoms with Gasteiger partial charge in [0.15, 0.2) is 5.69 Å². The fourth-order valence-corrected chi connectivity index (χ4v) is 1.85. The molecule has 3 aromatic rings. The molecule has 1 aromatic heterocycles. The van der Waals surface area contributed by atoms with Gasteiger partial charge >= 0.3 is 0 Å². The molecule has 3 rings (SSSR count). The molecule has 0 radical (unpaired) electrons. The molecule has 0 unspecified atom stereocenters. The van der Waals surface area contributed by atoms with Crippen LogP contribution in [-0.2, 0) is 21.1 Å². The van der Waals surface area contributed by atoms with Gasteiger partial charge in [0, 0.05) is 31.7 Å². The van der Waals surface area contributed by atoms with Crippen molar-refractivity contribution in [2.45, 2.75) is 0 Å². The van der Waals surface area contributed by atoms with Gasteiger partial charge in [0.05, 0.1) is 0 Å².